The zero-order valence-corrected chi connectivity index (χ0v) is 14.1. The van der Waals surface area contributed by atoms with Crippen LogP contribution in [0.5, 0.6) is 5.75 Å². The Labute approximate surface area is 134 Å². The van der Waals surface area contributed by atoms with Crippen LogP contribution in [0.1, 0.15) is 31.9 Å². The number of ether oxygens (including phenoxy) is 1. The molecular weight excluding hydrogens is 296 g/mol. The number of aromatic nitrogens is 2. The molecule has 1 aliphatic carbocycles. The van der Waals surface area contributed by atoms with Crippen molar-refractivity contribution in [3.05, 3.63) is 39.7 Å². The lowest BCUT2D eigenvalue weighted by Gasteiger charge is -2.32. The van der Waals surface area contributed by atoms with Crippen molar-refractivity contribution in [2.45, 2.75) is 37.8 Å². The van der Waals surface area contributed by atoms with Crippen LogP contribution in [-0.4, -0.2) is 22.8 Å². The van der Waals surface area contributed by atoms with Gasteiger partial charge in [-0.2, -0.15) is 0 Å². The molecule has 1 N–H and O–H groups in total. The van der Waals surface area contributed by atoms with E-state index in [1.54, 1.807) is 18.9 Å². The molecule has 0 atom stereocenters. The van der Waals surface area contributed by atoms with Gasteiger partial charge in [0.05, 0.1) is 12.8 Å². The Hall–Kier alpha value is -1.75. The summed E-state index contributed by atoms with van der Waals surface area (Å²) in [6.45, 7) is 6.25. The monoisotopic (exact) mass is 316 g/mol. The maximum Gasteiger partial charge on any atom is 0.255 e. The molecule has 0 bridgehead atoms. The second-order valence-corrected chi connectivity index (χ2v) is 7.36. The molecule has 0 saturated heterocycles. The van der Waals surface area contributed by atoms with E-state index in [9.17, 15) is 4.79 Å². The van der Waals surface area contributed by atoms with Crippen molar-refractivity contribution in [3.8, 4) is 17.0 Å². The van der Waals surface area contributed by atoms with Crippen LogP contribution in [0.4, 0.5) is 0 Å². The smallest absolute Gasteiger partial charge is 0.255 e. The van der Waals surface area contributed by atoms with Gasteiger partial charge < -0.3 is 9.72 Å². The molecular formula is C17H20N2O2S. The maximum absolute atomic E-state index is 12.6. The lowest BCUT2D eigenvalue weighted by Crippen LogP contribution is -2.34. The number of rotatable bonds is 3. The number of hydrogen-bond acceptors (Lipinski definition) is 4. The minimum absolute atomic E-state index is 0.0283. The number of nitrogens with one attached hydrogen (secondary N) is 1. The van der Waals surface area contributed by atoms with E-state index in [4.69, 9.17) is 9.72 Å². The maximum atomic E-state index is 12.6. The highest BCUT2D eigenvalue weighted by Crippen LogP contribution is 2.41. The molecule has 0 amide bonds. The van der Waals surface area contributed by atoms with Gasteiger partial charge in [0.15, 0.2) is 5.16 Å². The highest BCUT2D eigenvalue weighted by atomic mass is 32.2. The molecule has 3 rings (SSSR count). The second kappa shape index (κ2) is 5.47. The molecule has 0 spiro atoms. The summed E-state index contributed by atoms with van der Waals surface area (Å²) in [5.74, 6) is 1.66. The largest absolute Gasteiger partial charge is 0.497 e. The summed E-state index contributed by atoms with van der Waals surface area (Å²) in [5.41, 5.74) is 3.53. The number of thioether (sulfide) groups is 1. The summed E-state index contributed by atoms with van der Waals surface area (Å²) in [7, 11) is 1.65. The predicted octanol–water partition coefficient (Wildman–Crippen LogP) is 3.39. The van der Waals surface area contributed by atoms with Crippen LogP contribution in [0.15, 0.2) is 28.2 Å². The molecule has 116 valence electrons. The molecule has 0 fully saturated rings. The van der Waals surface area contributed by atoms with Crippen molar-refractivity contribution in [2.75, 3.05) is 12.9 Å². The molecule has 5 heteroatoms. The Morgan fingerprint density at radius 3 is 2.86 bits per heavy atom. The fourth-order valence-corrected chi connectivity index (χ4v) is 3.70. The van der Waals surface area contributed by atoms with Crippen molar-refractivity contribution < 1.29 is 4.74 Å². The summed E-state index contributed by atoms with van der Waals surface area (Å²) < 4.78 is 5.34. The van der Waals surface area contributed by atoms with Gasteiger partial charge in [-0.25, -0.2) is 4.98 Å². The predicted molar refractivity (Wildman–Crippen MR) is 90.0 cm³/mol. The van der Waals surface area contributed by atoms with Crippen LogP contribution < -0.4 is 10.3 Å². The lowest BCUT2D eigenvalue weighted by molar-refractivity contribution is 0.414. The van der Waals surface area contributed by atoms with Gasteiger partial charge in [-0.05, 0) is 29.9 Å². The molecule has 1 heterocycles. The average Bonchev–Trinajstić information content (AvgIpc) is 2.46. The molecule has 0 unspecified atom stereocenters. The van der Waals surface area contributed by atoms with Crippen molar-refractivity contribution in [3.63, 3.8) is 0 Å². The number of H-pyrrole nitrogens is 1. The SMILES string of the molecule is CCSc1nc2c(c(=O)[nH]1)C(C)(C)Cc1ccc(OC)cc1-2. The van der Waals surface area contributed by atoms with Gasteiger partial charge in [-0.3, -0.25) is 4.79 Å². The zero-order valence-electron chi connectivity index (χ0n) is 13.3. The van der Waals surface area contributed by atoms with Gasteiger partial charge in [0.2, 0.25) is 0 Å². The molecule has 0 aliphatic heterocycles. The number of aromatic amines is 1. The van der Waals surface area contributed by atoms with Crippen LogP contribution >= 0.6 is 11.8 Å². The van der Waals surface area contributed by atoms with Crippen LogP contribution in [0.25, 0.3) is 11.3 Å². The Morgan fingerprint density at radius 1 is 1.41 bits per heavy atom. The molecule has 1 aromatic heterocycles. The van der Waals surface area contributed by atoms with Crippen LogP contribution in [0.3, 0.4) is 0 Å². The van der Waals surface area contributed by atoms with Crippen molar-refractivity contribution in [2.24, 2.45) is 0 Å². The molecule has 4 nitrogen and oxygen atoms in total. The average molecular weight is 316 g/mol. The minimum atomic E-state index is -0.229. The van der Waals surface area contributed by atoms with E-state index in [1.165, 1.54) is 5.56 Å². The highest BCUT2D eigenvalue weighted by Gasteiger charge is 2.35. The second-order valence-electron chi connectivity index (χ2n) is 6.11. The van der Waals surface area contributed by atoms with E-state index in [0.717, 1.165) is 34.7 Å². The fraction of sp³-hybridized carbons (Fsp3) is 0.412. The van der Waals surface area contributed by atoms with Crippen LogP contribution in [-0.2, 0) is 11.8 Å². The number of methoxy groups -OCH3 is 1. The Bertz CT molecular complexity index is 781. The third-order valence-corrected chi connectivity index (χ3v) is 4.82. The van der Waals surface area contributed by atoms with Crippen molar-refractivity contribution in [1.29, 1.82) is 0 Å². The highest BCUT2D eigenvalue weighted by molar-refractivity contribution is 7.99. The van der Waals surface area contributed by atoms with E-state index in [-0.39, 0.29) is 11.0 Å². The minimum Gasteiger partial charge on any atom is -0.497 e. The Morgan fingerprint density at radius 2 is 2.18 bits per heavy atom. The van der Waals surface area contributed by atoms with Gasteiger partial charge in [-0.1, -0.05) is 38.6 Å². The summed E-state index contributed by atoms with van der Waals surface area (Å²) in [4.78, 5) is 20.2. The van der Waals surface area contributed by atoms with E-state index in [1.807, 2.05) is 19.1 Å². The van der Waals surface area contributed by atoms with E-state index < -0.39 is 0 Å². The molecule has 1 aliphatic rings. The van der Waals surface area contributed by atoms with Crippen LogP contribution in [0.2, 0.25) is 0 Å². The molecule has 1 aromatic carbocycles. The fourth-order valence-electron chi connectivity index (χ4n) is 3.10. The first-order valence-corrected chi connectivity index (χ1v) is 8.39. The van der Waals surface area contributed by atoms with Crippen molar-refractivity contribution in [1.82, 2.24) is 9.97 Å². The first-order valence-electron chi connectivity index (χ1n) is 7.41. The van der Waals surface area contributed by atoms with Crippen LogP contribution in [0, 0.1) is 0 Å². The summed E-state index contributed by atoms with van der Waals surface area (Å²) in [6, 6.07) is 6.03. The number of benzene rings is 1. The summed E-state index contributed by atoms with van der Waals surface area (Å²) >= 11 is 1.55. The van der Waals surface area contributed by atoms with Gasteiger partial charge in [0.25, 0.3) is 5.56 Å². The third kappa shape index (κ3) is 2.43. The number of nitrogens with zero attached hydrogens (tertiary/aromatic N) is 1. The van der Waals surface area contributed by atoms with Gasteiger partial charge in [0, 0.05) is 16.5 Å². The van der Waals surface area contributed by atoms with Gasteiger partial charge in [-0.15, -0.1) is 0 Å². The quantitative estimate of drug-likeness (QED) is 0.696. The molecule has 22 heavy (non-hydrogen) atoms. The van der Waals surface area contributed by atoms with Gasteiger partial charge >= 0.3 is 0 Å². The Kier molecular flexibility index (Phi) is 3.77. The lowest BCUT2D eigenvalue weighted by atomic mass is 9.72. The number of fused-ring (bicyclic) bond motifs is 3. The number of hydrogen-bond donors (Lipinski definition) is 1. The topological polar surface area (TPSA) is 55.0 Å². The normalized spacial score (nSPS) is 15.1. The summed E-state index contributed by atoms with van der Waals surface area (Å²) in [5, 5.41) is 0.678. The van der Waals surface area contributed by atoms with Gasteiger partial charge in [0.1, 0.15) is 5.75 Å². The third-order valence-electron chi connectivity index (χ3n) is 4.06. The van der Waals surface area contributed by atoms with E-state index in [2.05, 4.69) is 24.9 Å². The van der Waals surface area contributed by atoms with E-state index >= 15 is 0 Å². The Balaban J connectivity index is 2.30. The molecule has 0 radical (unpaired) electrons. The zero-order chi connectivity index (χ0) is 15.9. The molecule has 0 saturated carbocycles. The summed E-state index contributed by atoms with van der Waals surface area (Å²) in [6.07, 6.45) is 0.824. The molecule has 2 aromatic rings. The standard InChI is InChI=1S/C17H20N2O2S/c1-5-22-16-18-14-12-8-11(21-4)7-6-10(12)9-17(2,3)13(14)15(20)19-16/h6-8H,5,9H2,1-4H3,(H,18,19,20). The first-order chi connectivity index (χ1) is 10.5. The first kappa shape index (κ1) is 15.2. The van der Waals surface area contributed by atoms with E-state index in [0.29, 0.717) is 5.16 Å². The van der Waals surface area contributed by atoms with Crippen molar-refractivity contribution >= 4 is 11.8 Å².